The number of hydrogen-bond acceptors (Lipinski definition) is 3. The van der Waals surface area contributed by atoms with Crippen LogP contribution in [0.1, 0.15) is 5.56 Å². The van der Waals surface area contributed by atoms with Crippen molar-refractivity contribution in [3.05, 3.63) is 28.8 Å². The van der Waals surface area contributed by atoms with E-state index >= 15 is 0 Å². The average Bonchev–Trinajstić information content (AvgIpc) is 2.18. The lowest BCUT2D eigenvalue weighted by molar-refractivity contribution is 0.199. The summed E-state index contributed by atoms with van der Waals surface area (Å²) in [7, 11) is 1.68. The number of methoxy groups -OCH3 is 1. The normalized spacial score (nSPS) is 10.4. The van der Waals surface area contributed by atoms with Crippen molar-refractivity contribution in [1.29, 1.82) is 0 Å². The van der Waals surface area contributed by atoms with Crippen LogP contribution in [0.2, 0.25) is 5.02 Å². The van der Waals surface area contributed by atoms with Crippen LogP contribution in [0, 0.1) is 0 Å². The van der Waals surface area contributed by atoms with Gasteiger partial charge >= 0.3 is 0 Å². The number of hydrogen-bond donors (Lipinski definition) is 2. The summed E-state index contributed by atoms with van der Waals surface area (Å²) in [4.78, 5) is 0. The summed E-state index contributed by atoms with van der Waals surface area (Å²) in [5.74, 6) is 0. The molecule has 0 unspecified atom stereocenters. The third-order valence-corrected chi connectivity index (χ3v) is 2.20. The minimum absolute atomic E-state index is 0.607. The molecule has 3 nitrogen and oxygen atoms in total. The molecular weight excluding hydrogens is 200 g/mol. The highest BCUT2D eigenvalue weighted by Gasteiger charge is 1.97. The van der Waals surface area contributed by atoms with Crippen molar-refractivity contribution in [2.45, 2.75) is 6.54 Å². The van der Waals surface area contributed by atoms with Crippen molar-refractivity contribution in [2.24, 2.45) is 0 Å². The lowest BCUT2D eigenvalue weighted by Gasteiger charge is -2.05. The SMILES string of the molecule is COCCNCc1ccc(N)c(Cl)c1. The Morgan fingerprint density at radius 3 is 2.93 bits per heavy atom. The summed E-state index contributed by atoms with van der Waals surface area (Å²) in [6, 6.07) is 5.65. The minimum Gasteiger partial charge on any atom is -0.398 e. The maximum absolute atomic E-state index is 5.88. The molecular formula is C10H15ClN2O. The van der Waals surface area contributed by atoms with Crippen LogP contribution in [0.4, 0.5) is 5.69 Å². The van der Waals surface area contributed by atoms with Crippen molar-refractivity contribution in [1.82, 2.24) is 5.32 Å². The molecule has 0 spiro atoms. The zero-order valence-corrected chi connectivity index (χ0v) is 8.97. The van der Waals surface area contributed by atoms with Gasteiger partial charge in [0, 0.05) is 20.2 Å². The summed E-state index contributed by atoms with van der Waals surface area (Å²) >= 11 is 5.88. The van der Waals surface area contributed by atoms with E-state index in [4.69, 9.17) is 22.1 Å². The summed E-state index contributed by atoms with van der Waals surface area (Å²) < 4.78 is 4.91. The first-order chi connectivity index (χ1) is 6.74. The predicted octanol–water partition coefficient (Wildman–Crippen LogP) is 1.66. The fourth-order valence-electron chi connectivity index (χ4n) is 1.09. The van der Waals surface area contributed by atoms with Crippen molar-refractivity contribution in [3.63, 3.8) is 0 Å². The second-order valence-electron chi connectivity index (χ2n) is 3.03. The summed E-state index contributed by atoms with van der Waals surface area (Å²) in [5, 5.41) is 3.83. The number of benzene rings is 1. The van der Waals surface area contributed by atoms with Crippen LogP contribution in [-0.4, -0.2) is 20.3 Å². The quantitative estimate of drug-likeness (QED) is 0.579. The van der Waals surface area contributed by atoms with Gasteiger partial charge in [-0.15, -0.1) is 0 Å². The monoisotopic (exact) mass is 214 g/mol. The lowest BCUT2D eigenvalue weighted by atomic mass is 10.2. The number of nitrogens with one attached hydrogen (secondary N) is 1. The molecule has 4 heteroatoms. The van der Waals surface area contributed by atoms with E-state index in [9.17, 15) is 0 Å². The molecule has 0 saturated carbocycles. The van der Waals surface area contributed by atoms with Gasteiger partial charge in [-0.2, -0.15) is 0 Å². The minimum atomic E-state index is 0.607. The topological polar surface area (TPSA) is 47.3 Å². The molecule has 14 heavy (non-hydrogen) atoms. The second kappa shape index (κ2) is 5.86. The fraction of sp³-hybridized carbons (Fsp3) is 0.400. The highest BCUT2D eigenvalue weighted by molar-refractivity contribution is 6.33. The highest BCUT2D eigenvalue weighted by Crippen LogP contribution is 2.19. The number of halogens is 1. The number of nitrogen functional groups attached to an aromatic ring is 1. The van der Waals surface area contributed by atoms with Crippen LogP contribution in [0.25, 0.3) is 0 Å². The molecule has 1 aromatic rings. The van der Waals surface area contributed by atoms with Gasteiger partial charge in [0.05, 0.1) is 17.3 Å². The van der Waals surface area contributed by atoms with Crippen LogP contribution in [0.3, 0.4) is 0 Å². The van der Waals surface area contributed by atoms with E-state index < -0.39 is 0 Å². The number of rotatable bonds is 5. The van der Waals surface area contributed by atoms with E-state index in [1.165, 1.54) is 0 Å². The molecule has 0 aromatic heterocycles. The standard InChI is InChI=1S/C10H15ClN2O/c1-14-5-4-13-7-8-2-3-10(12)9(11)6-8/h2-3,6,13H,4-5,7,12H2,1H3. The molecule has 0 heterocycles. The Bertz CT molecular complexity index is 291. The largest absolute Gasteiger partial charge is 0.398 e. The maximum Gasteiger partial charge on any atom is 0.0638 e. The first-order valence-corrected chi connectivity index (χ1v) is 4.85. The molecule has 0 fully saturated rings. The number of anilines is 1. The molecule has 1 aromatic carbocycles. The average molecular weight is 215 g/mol. The Morgan fingerprint density at radius 2 is 2.29 bits per heavy atom. The lowest BCUT2D eigenvalue weighted by Crippen LogP contribution is -2.18. The van der Waals surface area contributed by atoms with Crippen molar-refractivity contribution >= 4 is 17.3 Å². The molecule has 0 aliphatic heterocycles. The third-order valence-electron chi connectivity index (χ3n) is 1.88. The Labute approximate surface area is 89.2 Å². The van der Waals surface area contributed by atoms with Crippen molar-refractivity contribution < 1.29 is 4.74 Å². The Balaban J connectivity index is 2.39. The molecule has 78 valence electrons. The summed E-state index contributed by atoms with van der Waals surface area (Å²) in [6.07, 6.45) is 0. The molecule has 3 N–H and O–H groups in total. The summed E-state index contributed by atoms with van der Waals surface area (Å²) in [6.45, 7) is 2.32. The molecule has 0 saturated heterocycles. The first-order valence-electron chi connectivity index (χ1n) is 4.47. The highest BCUT2D eigenvalue weighted by atomic mass is 35.5. The van der Waals surface area contributed by atoms with Crippen LogP contribution in [0.5, 0.6) is 0 Å². The molecule has 0 amide bonds. The van der Waals surface area contributed by atoms with Gasteiger partial charge in [0.25, 0.3) is 0 Å². The maximum atomic E-state index is 5.88. The van der Waals surface area contributed by atoms with E-state index in [0.29, 0.717) is 17.3 Å². The number of nitrogens with two attached hydrogens (primary N) is 1. The predicted molar refractivity (Wildman–Crippen MR) is 59.4 cm³/mol. The van der Waals surface area contributed by atoms with Crippen LogP contribution < -0.4 is 11.1 Å². The van der Waals surface area contributed by atoms with E-state index in [1.54, 1.807) is 7.11 Å². The molecule has 0 atom stereocenters. The van der Waals surface area contributed by atoms with Crippen LogP contribution in [-0.2, 0) is 11.3 Å². The molecule has 0 aliphatic carbocycles. The Morgan fingerprint density at radius 1 is 1.50 bits per heavy atom. The third kappa shape index (κ3) is 3.54. The second-order valence-corrected chi connectivity index (χ2v) is 3.43. The molecule has 1 rings (SSSR count). The summed E-state index contributed by atoms with van der Waals surface area (Å²) in [5.41, 5.74) is 7.34. The van der Waals surface area contributed by atoms with E-state index in [2.05, 4.69) is 5.32 Å². The van der Waals surface area contributed by atoms with E-state index in [1.807, 2.05) is 18.2 Å². The van der Waals surface area contributed by atoms with Gasteiger partial charge in [0.2, 0.25) is 0 Å². The smallest absolute Gasteiger partial charge is 0.0638 e. The number of ether oxygens (including phenoxy) is 1. The van der Waals surface area contributed by atoms with Gasteiger partial charge in [-0.3, -0.25) is 0 Å². The van der Waals surface area contributed by atoms with Gasteiger partial charge in [-0.25, -0.2) is 0 Å². The van der Waals surface area contributed by atoms with Gasteiger partial charge in [0.1, 0.15) is 0 Å². The molecule has 0 bridgehead atoms. The van der Waals surface area contributed by atoms with E-state index in [0.717, 1.165) is 18.7 Å². The molecule has 0 aliphatic rings. The first kappa shape index (κ1) is 11.3. The van der Waals surface area contributed by atoms with Crippen molar-refractivity contribution in [2.75, 3.05) is 26.0 Å². The Hall–Kier alpha value is -0.770. The Kier molecular flexibility index (Phi) is 4.73. The van der Waals surface area contributed by atoms with Gasteiger partial charge in [-0.05, 0) is 17.7 Å². The zero-order chi connectivity index (χ0) is 10.4. The van der Waals surface area contributed by atoms with Crippen molar-refractivity contribution in [3.8, 4) is 0 Å². The van der Waals surface area contributed by atoms with E-state index in [-0.39, 0.29) is 0 Å². The van der Waals surface area contributed by atoms with Gasteiger partial charge in [0.15, 0.2) is 0 Å². The molecule has 0 radical (unpaired) electrons. The van der Waals surface area contributed by atoms with Crippen LogP contribution in [0.15, 0.2) is 18.2 Å². The zero-order valence-electron chi connectivity index (χ0n) is 8.22. The van der Waals surface area contributed by atoms with Gasteiger partial charge in [-0.1, -0.05) is 17.7 Å². The van der Waals surface area contributed by atoms with Crippen LogP contribution >= 0.6 is 11.6 Å². The van der Waals surface area contributed by atoms with Gasteiger partial charge < -0.3 is 15.8 Å². The fourth-order valence-corrected chi connectivity index (χ4v) is 1.29.